The molecule has 0 spiro atoms. The zero-order valence-corrected chi connectivity index (χ0v) is 11.4. The lowest BCUT2D eigenvalue weighted by Gasteiger charge is -2.23. The molecule has 0 unspecified atom stereocenters. The number of nitrogens with zero attached hydrogens (tertiary/aromatic N) is 2. The van der Waals surface area contributed by atoms with Crippen molar-refractivity contribution >= 4 is 23.1 Å². The van der Waals surface area contributed by atoms with E-state index in [1.54, 1.807) is 12.3 Å². The third kappa shape index (κ3) is 2.51. The highest BCUT2D eigenvalue weighted by Gasteiger charge is 2.17. The predicted octanol–water partition coefficient (Wildman–Crippen LogP) is 3.27. The van der Waals surface area contributed by atoms with Gasteiger partial charge in [-0.3, -0.25) is 0 Å². The number of pyridine rings is 1. The van der Waals surface area contributed by atoms with Gasteiger partial charge in [0.15, 0.2) is 0 Å². The molecular formula is C15H16ClN3. The zero-order chi connectivity index (χ0) is 13.2. The standard InChI is InChI=1S/C15H16ClN3/c16-14-8-13(17)9-18-15(14)19-7-3-6-11-4-1-2-5-12(11)10-19/h1-2,4-5,8-9H,3,6-7,10,17H2. The fraction of sp³-hybridized carbons (Fsp3) is 0.267. The first kappa shape index (κ1) is 12.3. The van der Waals surface area contributed by atoms with Crippen LogP contribution in [0.5, 0.6) is 0 Å². The molecule has 98 valence electrons. The van der Waals surface area contributed by atoms with E-state index in [1.165, 1.54) is 11.1 Å². The summed E-state index contributed by atoms with van der Waals surface area (Å²) < 4.78 is 0. The predicted molar refractivity (Wildman–Crippen MR) is 79.5 cm³/mol. The Morgan fingerprint density at radius 3 is 2.79 bits per heavy atom. The smallest absolute Gasteiger partial charge is 0.147 e. The molecule has 2 N–H and O–H groups in total. The van der Waals surface area contributed by atoms with Crippen LogP contribution in [0.3, 0.4) is 0 Å². The van der Waals surface area contributed by atoms with Gasteiger partial charge >= 0.3 is 0 Å². The molecule has 0 saturated carbocycles. The van der Waals surface area contributed by atoms with Crippen molar-refractivity contribution in [3.63, 3.8) is 0 Å². The maximum Gasteiger partial charge on any atom is 0.147 e. The maximum absolute atomic E-state index is 6.26. The minimum absolute atomic E-state index is 0.601. The van der Waals surface area contributed by atoms with Crippen molar-refractivity contribution in [2.45, 2.75) is 19.4 Å². The number of fused-ring (bicyclic) bond motifs is 1. The SMILES string of the molecule is Nc1cnc(N2CCCc3ccccc3C2)c(Cl)c1. The Labute approximate surface area is 118 Å². The number of benzene rings is 1. The van der Waals surface area contributed by atoms with Gasteiger partial charge in [-0.25, -0.2) is 4.98 Å². The van der Waals surface area contributed by atoms with Crippen LogP contribution in [0.1, 0.15) is 17.5 Å². The highest BCUT2D eigenvalue weighted by molar-refractivity contribution is 6.33. The summed E-state index contributed by atoms with van der Waals surface area (Å²) in [5, 5.41) is 0.624. The molecule has 0 radical (unpaired) electrons. The lowest BCUT2D eigenvalue weighted by molar-refractivity contribution is 0.755. The largest absolute Gasteiger partial charge is 0.397 e. The van der Waals surface area contributed by atoms with E-state index in [0.717, 1.165) is 31.7 Å². The fourth-order valence-electron chi connectivity index (χ4n) is 2.56. The van der Waals surface area contributed by atoms with Crippen molar-refractivity contribution in [1.29, 1.82) is 0 Å². The van der Waals surface area contributed by atoms with E-state index in [1.807, 2.05) is 0 Å². The average Bonchev–Trinajstić information content (AvgIpc) is 2.60. The van der Waals surface area contributed by atoms with Gasteiger partial charge in [-0.15, -0.1) is 0 Å². The highest BCUT2D eigenvalue weighted by Crippen LogP contribution is 2.29. The molecule has 1 aromatic heterocycles. The van der Waals surface area contributed by atoms with Gasteiger partial charge in [0, 0.05) is 13.1 Å². The molecule has 0 bridgehead atoms. The molecule has 1 aliphatic heterocycles. The third-order valence-electron chi connectivity index (χ3n) is 3.50. The fourth-order valence-corrected chi connectivity index (χ4v) is 2.85. The molecule has 19 heavy (non-hydrogen) atoms. The molecule has 0 atom stereocenters. The first-order valence-corrected chi connectivity index (χ1v) is 6.84. The number of aromatic nitrogens is 1. The molecule has 4 heteroatoms. The number of nitrogen functional groups attached to an aromatic ring is 1. The number of aryl methyl sites for hydroxylation is 1. The summed E-state index contributed by atoms with van der Waals surface area (Å²) in [5.41, 5.74) is 9.08. The van der Waals surface area contributed by atoms with Gasteiger partial charge in [0.2, 0.25) is 0 Å². The van der Waals surface area contributed by atoms with Crippen molar-refractivity contribution in [1.82, 2.24) is 4.98 Å². The Bertz CT molecular complexity index is 598. The lowest BCUT2D eigenvalue weighted by Crippen LogP contribution is -2.23. The van der Waals surface area contributed by atoms with Crippen molar-refractivity contribution in [3.05, 3.63) is 52.7 Å². The van der Waals surface area contributed by atoms with E-state index in [4.69, 9.17) is 17.3 Å². The number of rotatable bonds is 1. The van der Waals surface area contributed by atoms with Crippen molar-refractivity contribution in [2.24, 2.45) is 0 Å². The summed E-state index contributed by atoms with van der Waals surface area (Å²) in [6.45, 7) is 1.82. The Balaban J connectivity index is 1.94. The third-order valence-corrected chi connectivity index (χ3v) is 3.77. The summed E-state index contributed by atoms with van der Waals surface area (Å²) in [6.07, 6.45) is 3.89. The maximum atomic E-state index is 6.26. The summed E-state index contributed by atoms with van der Waals surface area (Å²) in [6, 6.07) is 10.3. The Hall–Kier alpha value is -1.74. The van der Waals surface area contributed by atoms with Crippen LogP contribution in [0, 0.1) is 0 Å². The minimum Gasteiger partial charge on any atom is -0.397 e. The number of anilines is 2. The molecule has 0 aliphatic carbocycles. The van der Waals surface area contributed by atoms with E-state index in [-0.39, 0.29) is 0 Å². The molecule has 1 aromatic carbocycles. The van der Waals surface area contributed by atoms with Crippen LogP contribution >= 0.6 is 11.6 Å². The number of hydrogen-bond donors (Lipinski definition) is 1. The normalized spacial score (nSPS) is 14.9. The van der Waals surface area contributed by atoms with Crippen molar-refractivity contribution < 1.29 is 0 Å². The van der Waals surface area contributed by atoms with Crippen LogP contribution in [0.15, 0.2) is 36.5 Å². The van der Waals surface area contributed by atoms with E-state index in [9.17, 15) is 0 Å². The molecule has 3 nitrogen and oxygen atoms in total. The Morgan fingerprint density at radius 2 is 2.00 bits per heavy atom. The first-order chi connectivity index (χ1) is 9.24. The quantitative estimate of drug-likeness (QED) is 0.867. The summed E-state index contributed by atoms with van der Waals surface area (Å²) >= 11 is 6.26. The van der Waals surface area contributed by atoms with Crippen LogP contribution in [0.25, 0.3) is 0 Å². The van der Waals surface area contributed by atoms with E-state index >= 15 is 0 Å². The van der Waals surface area contributed by atoms with Crippen LogP contribution in [-0.4, -0.2) is 11.5 Å². The summed E-state index contributed by atoms with van der Waals surface area (Å²) in [5.74, 6) is 0.826. The van der Waals surface area contributed by atoms with Gasteiger partial charge < -0.3 is 10.6 Å². The van der Waals surface area contributed by atoms with Crippen LogP contribution in [-0.2, 0) is 13.0 Å². The first-order valence-electron chi connectivity index (χ1n) is 6.47. The van der Waals surface area contributed by atoms with Crippen LogP contribution in [0.2, 0.25) is 5.02 Å². The summed E-state index contributed by atoms with van der Waals surface area (Å²) in [4.78, 5) is 6.61. The van der Waals surface area contributed by atoms with Gasteiger partial charge in [-0.2, -0.15) is 0 Å². The van der Waals surface area contributed by atoms with E-state index in [2.05, 4.69) is 34.1 Å². The second kappa shape index (κ2) is 5.10. The summed E-state index contributed by atoms with van der Waals surface area (Å²) in [7, 11) is 0. The Morgan fingerprint density at radius 1 is 1.21 bits per heavy atom. The van der Waals surface area contributed by atoms with E-state index < -0.39 is 0 Å². The number of hydrogen-bond acceptors (Lipinski definition) is 3. The number of nitrogens with two attached hydrogens (primary N) is 1. The number of halogens is 1. The lowest BCUT2D eigenvalue weighted by atomic mass is 10.0. The topological polar surface area (TPSA) is 42.1 Å². The van der Waals surface area contributed by atoms with Crippen LogP contribution < -0.4 is 10.6 Å². The van der Waals surface area contributed by atoms with Gasteiger partial charge in [0.1, 0.15) is 5.82 Å². The molecule has 0 amide bonds. The van der Waals surface area contributed by atoms with Crippen LogP contribution in [0.4, 0.5) is 11.5 Å². The zero-order valence-electron chi connectivity index (χ0n) is 10.6. The molecule has 1 aliphatic rings. The second-order valence-electron chi connectivity index (χ2n) is 4.87. The molecule has 0 saturated heterocycles. The van der Waals surface area contributed by atoms with Crippen molar-refractivity contribution in [2.75, 3.05) is 17.2 Å². The molecule has 2 heterocycles. The molecule has 2 aromatic rings. The highest BCUT2D eigenvalue weighted by atomic mass is 35.5. The molecule has 3 rings (SSSR count). The average molecular weight is 274 g/mol. The Kier molecular flexibility index (Phi) is 3.30. The van der Waals surface area contributed by atoms with Gasteiger partial charge in [-0.05, 0) is 30.0 Å². The molecular weight excluding hydrogens is 258 g/mol. The van der Waals surface area contributed by atoms with Crippen molar-refractivity contribution in [3.8, 4) is 0 Å². The van der Waals surface area contributed by atoms with Gasteiger partial charge in [0.05, 0.1) is 16.9 Å². The second-order valence-corrected chi connectivity index (χ2v) is 5.28. The van der Waals surface area contributed by atoms with Gasteiger partial charge in [-0.1, -0.05) is 35.9 Å². The van der Waals surface area contributed by atoms with E-state index in [0.29, 0.717) is 10.7 Å². The monoisotopic (exact) mass is 273 g/mol. The molecule has 0 fully saturated rings. The minimum atomic E-state index is 0.601. The van der Waals surface area contributed by atoms with Gasteiger partial charge in [0.25, 0.3) is 0 Å².